The Balaban J connectivity index is 1.63. The van der Waals surface area contributed by atoms with Crippen molar-refractivity contribution in [1.29, 1.82) is 0 Å². The lowest BCUT2D eigenvalue weighted by atomic mass is 9.90. The van der Waals surface area contributed by atoms with Crippen LogP contribution in [-0.2, 0) is 14.4 Å². The van der Waals surface area contributed by atoms with Gasteiger partial charge in [0.1, 0.15) is 11.7 Å². The van der Waals surface area contributed by atoms with Crippen LogP contribution >= 0.6 is 23.2 Å². The van der Waals surface area contributed by atoms with Gasteiger partial charge in [-0.1, -0.05) is 59.6 Å². The molecule has 0 saturated carbocycles. The topological polar surface area (TPSA) is 49.9 Å². The first-order valence-electron chi connectivity index (χ1n) is 9.55. The Hall–Kier alpha value is -2.93. The van der Waals surface area contributed by atoms with Crippen molar-refractivity contribution >= 4 is 46.4 Å². The number of halogens is 3. The maximum Gasteiger partial charge on any atom is 0.266 e. The molecule has 0 aromatic heterocycles. The predicted molar refractivity (Wildman–Crippen MR) is 115 cm³/mol. The molecular formula is C23H15Cl2FN2O3. The van der Waals surface area contributed by atoms with Crippen LogP contribution in [0.3, 0.4) is 0 Å². The number of amides is 2. The molecule has 2 fully saturated rings. The number of hydroxylamine groups is 1. The van der Waals surface area contributed by atoms with E-state index in [4.69, 9.17) is 28.0 Å². The molecule has 0 aliphatic carbocycles. The SMILES string of the molecule is O=C1[C@@H]2[C@@H](c3ccc(Cl)cc3Cl)N(c3ccccc3)O[C@H]2C(=O)N1c1ccccc1F. The second-order valence-corrected chi connectivity index (χ2v) is 8.13. The van der Waals surface area contributed by atoms with Crippen LogP contribution < -0.4 is 9.96 Å². The number of nitrogens with zero attached hydrogens (tertiary/aromatic N) is 2. The molecule has 0 N–H and O–H groups in total. The standard InChI is InChI=1S/C23H15Cl2FN2O3/c24-13-10-11-15(16(25)12-13)20-19-21(31-28(20)14-6-2-1-3-7-14)23(30)27(22(19)29)18-9-5-4-8-17(18)26/h1-12,19-21H/t19-,20-,21-/m1/s1. The van der Waals surface area contributed by atoms with Crippen LogP contribution in [0, 0.1) is 11.7 Å². The number of imide groups is 1. The average Bonchev–Trinajstić information content (AvgIpc) is 3.26. The Labute approximate surface area is 187 Å². The van der Waals surface area contributed by atoms with Crippen molar-refractivity contribution < 1.29 is 18.8 Å². The summed E-state index contributed by atoms with van der Waals surface area (Å²) in [5, 5.41) is 2.31. The highest BCUT2D eigenvalue weighted by Gasteiger charge is 2.60. The van der Waals surface area contributed by atoms with Crippen LogP contribution in [0.25, 0.3) is 0 Å². The number of carbonyl (C=O) groups is 2. The van der Waals surface area contributed by atoms with Crippen LogP contribution in [-0.4, -0.2) is 17.9 Å². The normalized spacial score (nSPS) is 22.9. The molecule has 3 aromatic rings. The molecule has 2 saturated heterocycles. The average molecular weight is 457 g/mol. The van der Waals surface area contributed by atoms with Crippen molar-refractivity contribution in [1.82, 2.24) is 0 Å². The molecule has 2 heterocycles. The van der Waals surface area contributed by atoms with E-state index in [9.17, 15) is 14.0 Å². The molecule has 2 aliphatic rings. The van der Waals surface area contributed by atoms with Gasteiger partial charge in [-0.2, -0.15) is 0 Å². The third kappa shape index (κ3) is 3.19. The quantitative estimate of drug-likeness (QED) is 0.509. The number of rotatable bonds is 3. The number of hydrogen-bond acceptors (Lipinski definition) is 4. The van der Waals surface area contributed by atoms with Crippen molar-refractivity contribution in [2.45, 2.75) is 12.1 Å². The van der Waals surface area contributed by atoms with Crippen molar-refractivity contribution in [2.24, 2.45) is 5.92 Å². The second kappa shape index (κ2) is 7.64. The number of carbonyl (C=O) groups excluding carboxylic acids is 2. The smallest absolute Gasteiger partial charge is 0.266 e. The van der Waals surface area contributed by atoms with E-state index < -0.39 is 35.7 Å². The fraction of sp³-hybridized carbons (Fsp3) is 0.130. The van der Waals surface area contributed by atoms with E-state index >= 15 is 0 Å². The van der Waals surface area contributed by atoms with E-state index in [2.05, 4.69) is 0 Å². The minimum absolute atomic E-state index is 0.0947. The molecule has 2 amide bonds. The highest BCUT2D eigenvalue weighted by Crippen LogP contribution is 2.49. The maximum absolute atomic E-state index is 14.4. The third-order valence-electron chi connectivity index (χ3n) is 5.50. The van der Waals surface area contributed by atoms with Gasteiger partial charge in [0.05, 0.1) is 17.4 Å². The lowest BCUT2D eigenvalue weighted by molar-refractivity contribution is -0.126. The number of hydrogen-bond donors (Lipinski definition) is 0. The number of fused-ring (bicyclic) bond motifs is 1. The van der Waals surface area contributed by atoms with Crippen molar-refractivity contribution in [2.75, 3.05) is 9.96 Å². The summed E-state index contributed by atoms with van der Waals surface area (Å²) >= 11 is 12.5. The summed E-state index contributed by atoms with van der Waals surface area (Å²) in [6.07, 6.45) is -1.11. The Morgan fingerprint density at radius 3 is 2.29 bits per heavy atom. The minimum Gasteiger partial charge on any atom is -0.273 e. The lowest BCUT2D eigenvalue weighted by Crippen LogP contribution is -2.37. The fourth-order valence-corrected chi connectivity index (χ4v) is 4.66. The van der Waals surface area contributed by atoms with Gasteiger partial charge in [-0.05, 0) is 42.0 Å². The van der Waals surface area contributed by atoms with Gasteiger partial charge >= 0.3 is 0 Å². The summed E-state index contributed by atoms with van der Waals surface area (Å²) in [6.45, 7) is 0. The Morgan fingerprint density at radius 1 is 0.871 bits per heavy atom. The van der Waals surface area contributed by atoms with Crippen molar-refractivity contribution in [3.05, 3.63) is 94.2 Å². The molecule has 0 unspecified atom stereocenters. The maximum atomic E-state index is 14.4. The van der Waals surface area contributed by atoms with E-state index in [0.29, 0.717) is 21.3 Å². The molecule has 5 nitrogen and oxygen atoms in total. The minimum atomic E-state index is -1.11. The number of anilines is 2. The van der Waals surface area contributed by atoms with Crippen molar-refractivity contribution in [3.63, 3.8) is 0 Å². The Bertz CT molecular complexity index is 1190. The third-order valence-corrected chi connectivity index (χ3v) is 6.06. The van der Waals surface area contributed by atoms with Gasteiger partial charge in [-0.25, -0.2) is 14.4 Å². The molecule has 5 rings (SSSR count). The van der Waals surface area contributed by atoms with Crippen LogP contribution in [0.2, 0.25) is 10.0 Å². The van der Waals surface area contributed by atoms with Gasteiger partial charge in [0.25, 0.3) is 5.91 Å². The summed E-state index contributed by atoms with van der Waals surface area (Å²) < 4.78 is 14.4. The molecule has 0 radical (unpaired) electrons. The first kappa shape index (κ1) is 20.0. The molecule has 3 atom stereocenters. The molecule has 156 valence electrons. The van der Waals surface area contributed by atoms with Gasteiger partial charge in [0.15, 0.2) is 6.10 Å². The van der Waals surface area contributed by atoms with Gasteiger partial charge < -0.3 is 0 Å². The Kier molecular flexibility index (Phi) is 4.93. The first-order chi connectivity index (χ1) is 15.0. The van der Waals surface area contributed by atoms with Crippen LogP contribution in [0.4, 0.5) is 15.8 Å². The first-order valence-corrected chi connectivity index (χ1v) is 10.3. The summed E-state index contributed by atoms with van der Waals surface area (Å²) in [7, 11) is 0. The van der Waals surface area contributed by atoms with E-state index in [1.807, 2.05) is 18.2 Å². The van der Waals surface area contributed by atoms with E-state index in [1.54, 1.807) is 36.4 Å². The predicted octanol–water partition coefficient (Wildman–Crippen LogP) is 5.18. The number of benzene rings is 3. The fourth-order valence-electron chi connectivity index (χ4n) is 4.14. The van der Waals surface area contributed by atoms with Gasteiger partial charge in [-0.15, -0.1) is 0 Å². The monoisotopic (exact) mass is 456 g/mol. The van der Waals surface area contributed by atoms with Crippen LogP contribution in [0.15, 0.2) is 72.8 Å². The summed E-state index contributed by atoms with van der Waals surface area (Å²) in [5.41, 5.74) is 1.15. The van der Waals surface area contributed by atoms with E-state index in [1.165, 1.54) is 23.3 Å². The zero-order valence-electron chi connectivity index (χ0n) is 15.9. The highest BCUT2D eigenvalue weighted by molar-refractivity contribution is 6.35. The highest BCUT2D eigenvalue weighted by atomic mass is 35.5. The lowest BCUT2D eigenvalue weighted by Gasteiger charge is -2.29. The zero-order valence-corrected chi connectivity index (χ0v) is 17.4. The largest absolute Gasteiger partial charge is 0.273 e. The second-order valence-electron chi connectivity index (χ2n) is 7.29. The van der Waals surface area contributed by atoms with Gasteiger partial charge in [0.2, 0.25) is 5.91 Å². The molecule has 3 aromatic carbocycles. The molecule has 2 aliphatic heterocycles. The Morgan fingerprint density at radius 2 is 1.58 bits per heavy atom. The summed E-state index contributed by atoms with van der Waals surface area (Å²) in [4.78, 5) is 33.5. The van der Waals surface area contributed by atoms with Crippen LogP contribution in [0.1, 0.15) is 11.6 Å². The summed E-state index contributed by atoms with van der Waals surface area (Å²) in [6, 6.07) is 19.0. The van der Waals surface area contributed by atoms with Crippen molar-refractivity contribution in [3.8, 4) is 0 Å². The zero-order chi connectivity index (χ0) is 21.7. The molecule has 8 heteroatoms. The number of para-hydroxylation sites is 2. The van der Waals surface area contributed by atoms with Crippen LogP contribution in [0.5, 0.6) is 0 Å². The molecule has 31 heavy (non-hydrogen) atoms. The van der Waals surface area contributed by atoms with E-state index in [0.717, 1.165) is 4.90 Å². The van der Waals surface area contributed by atoms with Gasteiger partial charge in [-0.3, -0.25) is 14.4 Å². The van der Waals surface area contributed by atoms with E-state index in [-0.39, 0.29) is 5.69 Å². The molecule has 0 bridgehead atoms. The van der Waals surface area contributed by atoms with Gasteiger partial charge in [0, 0.05) is 10.0 Å². The summed E-state index contributed by atoms with van der Waals surface area (Å²) in [5.74, 6) is -2.74. The molecule has 0 spiro atoms. The molecular weight excluding hydrogens is 442 g/mol.